The SMILES string of the molecule is CC1CCC(C(=O)OCC(C)(C)C)C(C(=O)OCC(C)(C)C)C1. The molecule has 4 heteroatoms. The van der Waals surface area contributed by atoms with Crippen LogP contribution in [0.15, 0.2) is 0 Å². The summed E-state index contributed by atoms with van der Waals surface area (Å²) in [6, 6.07) is 0. The molecule has 134 valence electrons. The number of rotatable bonds is 4. The van der Waals surface area contributed by atoms with Gasteiger partial charge >= 0.3 is 11.9 Å². The fraction of sp³-hybridized carbons (Fsp3) is 0.895. The van der Waals surface area contributed by atoms with Gasteiger partial charge in [-0.1, -0.05) is 48.5 Å². The standard InChI is InChI=1S/C19H34O4/c1-13-8-9-14(16(20)22-11-18(2,3)4)15(10-13)17(21)23-12-19(5,6)7/h13-15H,8-12H2,1-7H3. The van der Waals surface area contributed by atoms with Crippen molar-refractivity contribution in [3.63, 3.8) is 0 Å². The number of hydrogen-bond acceptors (Lipinski definition) is 4. The van der Waals surface area contributed by atoms with Crippen LogP contribution in [0.2, 0.25) is 0 Å². The minimum absolute atomic E-state index is 0.0696. The molecule has 0 amide bonds. The van der Waals surface area contributed by atoms with E-state index >= 15 is 0 Å². The summed E-state index contributed by atoms with van der Waals surface area (Å²) in [6.45, 7) is 15.0. The lowest BCUT2D eigenvalue weighted by Crippen LogP contribution is -2.38. The van der Waals surface area contributed by atoms with Gasteiger partial charge in [-0.05, 0) is 36.0 Å². The Balaban J connectivity index is 2.70. The van der Waals surface area contributed by atoms with E-state index in [4.69, 9.17) is 9.47 Å². The molecular weight excluding hydrogens is 292 g/mol. The van der Waals surface area contributed by atoms with Crippen LogP contribution in [0.3, 0.4) is 0 Å². The topological polar surface area (TPSA) is 52.6 Å². The van der Waals surface area contributed by atoms with Gasteiger partial charge in [0.1, 0.15) is 0 Å². The van der Waals surface area contributed by atoms with Crippen molar-refractivity contribution < 1.29 is 19.1 Å². The molecule has 1 aliphatic carbocycles. The van der Waals surface area contributed by atoms with Crippen molar-refractivity contribution >= 4 is 11.9 Å². The second kappa shape index (κ2) is 7.67. The quantitative estimate of drug-likeness (QED) is 0.726. The maximum absolute atomic E-state index is 12.5. The van der Waals surface area contributed by atoms with Gasteiger partial charge in [0.15, 0.2) is 0 Å². The molecule has 0 aromatic rings. The molecule has 0 aliphatic heterocycles. The maximum atomic E-state index is 12.5. The van der Waals surface area contributed by atoms with Gasteiger partial charge in [0.2, 0.25) is 0 Å². The Morgan fingerprint density at radius 2 is 1.26 bits per heavy atom. The van der Waals surface area contributed by atoms with Gasteiger partial charge in [-0.3, -0.25) is 9.59 Å². The molecule has 0 saturated heterocycles. The molecule has 0 radical (unpaired) electrons. The van der Waals surface area contributed by atoms with E-state index in [2.05, 4.69) is 6.92 Å². The molecule has 1 aliphatic rings. The summed E-state index contributed by atoms with van der Waals surface area (Å²) in [5.41, 5.74) is -0.141. The molecule has 4 nitrogen and oxygen atoms in total. The predicted octanol–water partition coefficient (Wildman–Crippen LogP) is 4.22. The van der Waals surface area contributed by atoms with Gasteiger partial charge < -0.3 is 9.47 Å². The van der Waals surface area contributed by atoms with E-state index in [1.165, 1.54) is 0 Å². The molecule has 0 spiro atoms. The fourth-order valence-electron chi connectivity index (χ4n) is 2.71. The van der Waals surface area contributed by atoms with Crippen LogP contribution in [0.5, 0.6) is 0 Å². The van der Waals surface area contributed by atoms with E-state index in [1.807, 2.05) is 41.5 Å². The number of carbonyl (C=O) groups is 2. The van der Waals surface area contributed by atoms with Crippen LogP contribution in [-0.4, -0.2) is 25.2 Å². The van der Waals surface area contributed by atoms with E-state index in [-0.39, 0.29) is 34.6 Å². The van der Waals surface area contributed by atoms with Crippen LogP contribution in [0.4, 0.5) is 0 Å². The van der Waals surface area contributed by atoms with Gasteiger partial charge in [0.25, 0.3) is 0 Å². The number of hydrogen-bond donors (Lipinski definition) is 0. The summed E-state index contributed by atoms with van der Waals surface area (Å²) in [5.74, 6) is -0.780. The molecule has 3 atom stereocenters. The van der Waals surface area contributed by atoms with Crippen LogP contribution >= 0.6 is 0 Å². The van der Waals surface area contributed by atoms with Crippen molar-refractivity contribution in [3.8, 4) is 0 Å². The van der Waals surface area contributed by atoms with Crippen molar-refractivity contribution in [2.75, 3.05) is 13.2 Å². The summed E-state index contributed by atoms with van der Waals surface area (Å²) in [7, 11) is 0. The summed E-state index contributed by atoms with van der Waals surface area (Å²) in [5, 5.41) is 0. The molecule has 0 N–H and O–H groups in total. The van der Waals surface area contributed by atoms with Crippen molar-refractivity contribution in [1.82, 2.24) is 0 Å². The lowest BCUT2D eigenvalue weighted by Gasteiger charge is -2.33. The van der Waals surface area contributed by atoms with Crippen LogP contribution in [0.25, 0.3) is 0 Å². The number of esters is 2. The second-order valence-corrected chi connectivity index (χ2v) is 9.47. The summed E-state index contributed by atoms with van der Waals surface area (Å²) < 4.78 is 10.9. The fourth-order valence-corrected chi connectivity index (χ4v) is 2.71. The highest BCUT2D eigenvalue weighted by atomic mass is 16.5. The molecule has 0 bridgehead atoms. The van der Waals surface area contributed by atoms with Crippen molar-refractivity contribution in [2.45, 2.75) is 67.7 Å². The predicted molar refractivity (Wildman–Crippen MR) is 90.8 cm³/mol. The van der Waals surface area contributed by atoms with Crippen LogP contribution in [0, 0.1) is 28.6 Å². The molecule has 1 rings (SSSR count). The van der Waals surface area contributed by atoms with Gasteiger partial charge in [-0.25, -0.2) is 0 Å². The molecule has 0 aromatic carbocycles. The first-order chi connectivity index (χ1) is 10.4. The first kappa shape index (κ1) is 20.0. The molecule has 3 unspecified atom stereocenters. The lowest BCUT2D eigenvalue weighted by molar-refractivity contribution is -0.166. The number of ether oxygens (including phenoxy) is 2. The Labute approximate surface area is 141 Å². The van der Waals surface area contributed by atoms with E-state index < -0.39 is 0 Å². The first-order valence-electron chi connectivity index (χ1n) is 8.72. The highest BCUT2D eigenvalue weighted by Crippen LogP contribution is 2.36. The van der Waals surface area contributed by atoms with E-state index in [0.29, 0.717) is 32.0 Å². The smallest absolute Gasteiger partial charge is 0.309 e. The van der Waals surface area contributed by atoms with Crippen LogP contribution in [-0.2, 0) is 19.1 Å². The zero-order chi connectivity index (χ0) is 17.8. The third kappa shape index (κ3) is 7.36. The monoisotopic (exact) mass is 326 g/mol. The largest absolute Gasteiger partial charge is 0.465 e. The third-order valence-corrected chi connectivity index (χ3v) is 4.01. The van der Waals surface area contributed by atoms with E-state index in [1.54, 1.807) is 0 Å². The van der Waals surface area contributed by atoms with Crippen molar-refractivity contribution in [2.24, 2.45) is 28.6 Å². The van der Waals surface area contributed by atoms with E-state index in [9.17, 15) is 9.59 Å². The Morgan fingerprint density at radius 3 is 1.70 bits per heavy atom. The third-order valence-electron chi connectivity index (χ3n) is 4.01. The van der Waals surface area contributed by atoms with Gasteiger partial charge in [0.05, 0.1) is 25.0 Å². The van der Waals surface area contributed by atoms with Crippen LogP contribution in [0.1, 0.15) is 67.7 Å². The molecule has 0 aromatic heterocycles. The maximum Gasteiger partial charge on any atom is 0.309 e. The minimum Gasteiger partial charge on any atom is -0.465 e. The zero-order valence-electron chi connectivity index (χ0n) is 15.9. The molecular formula is C19H34O4. The second-order valence-electron chi connectivity index (χ2n) is 9.47. The average molecular weight is 326 g/mol. The molecule has 1 saturated carbocycles. The summed E-state index contributed by atoms with van der Waals surface area (Å²) in [6.07, 6.45) is 2.37. The summed E-state index contributed by atoms with van der Waals surface area (Å²) >= 11 is 0. The first-order valence-corrected chi connectivity index (χ1v) is 8.72. The Bertz CT molecular complexity index is 414. The van der Waals surface area contributed by atoms with E-state index in [0.717, 1.165) is 6.42 Å². The highest BCUT2D eigenvalue weighted by molar-refractivity contribution is 5.82. The van der Waals surface area contributed by atoms with Crippen molar-refractivity contribution in [1.29, 1.82) is 0 Å². The van der Waals surface area contributed by atoms with Crippen molar-refractivity contribution in [3.05, 3.63) is 0 Å². The normalized spacial score (nSPS) is 25.8. The van der Waals surface area contributed by atoms with Gasteiger partial charge in [-0.2, -0.15) is 0 Å². The van der Waals surface area contributed by atoms with Crippen LogP contribution < -0.4 is 0 Å². The van der Waals surface area contributed by atoms with Gasteiger partial charge in [-0.15, -0.1) is 0 Å². The Kier molecular flexibility index (Phi) is 6.67. The average Bonchev–Trinajstić information content (AvgIpc) is 2.40. The highest BCUT2D eigenvalue weighted by Gasteiger charge is 2.40. The number of carbonyl (C=O) groups excluding carboxylic acids is 2. The summed E-state index contributed by atoms with van der Waals surface area (Å²) in [4.78, 5) is 24.9. The Hall–Kier alpha value is -1.06. The lowest BCUT2D eigenvalue weighted by atomic mass is 9.74. The molecule has 23 heavy (non-hydrogen) atoms. The Morgan fingerprint density at radius 1 is 0.826 bits per heavy atom. The minimum atomic E-state index is -0.367. The molecule has 0 heterocycles. The molecule has 1 fully saturated rings. The van der Waals surface area contributed by atoms with Gasteiger partial charge in [0, 0.05) is 0 Å². The zero-order valence-corrected chi connectivity index (χ0v) is 15.9.